The first-order valence-electron chi connectivity index (χ1n) is 7.21. The fraction of sp³-hybridized carbons (Fsp3) is 0.600. The van der Waals surface area contributed by atoms with E-state index in [1.807, 2.05) is 0 Å². The molecule has 112 valence electrons. The topological polar surface area (TPSA) is 47.3 Å². The first-order chi connectivity index (χ1) is 9.70. The molecule has 0 bridgehead atoms. The molecule has 0 aromatic heterocycles. The summed E-state index contributed by atoms with van der Waals surface area (Å²) in [6.07, 6.45) is 6.17. The third-order valence-corrected chi connectivity index (χ3v) is 4.20. The Morgan fingerprint density at radius 1 is 1.50 bits per heavy atom. The maximum atomic E-state index is 13.7. The van der Waals surface area contributed by atoms with Crippen molar-refractivity contribution in [3.63, 3.8) is 0 Å². The fourth-order valence-corrected chi connectivity index (χ4v) is 2.92. The number of halogens is 2. The summed E-state index contributed by atoms with van der Waals surface area (Å²) in [4.78, 5) is 0. The van der Waals surface area contributed by atoms with E-state index >= 15 is 0 Å². The van der Waals surface area contributed by atoms with Crippen molar-refractivity contribution in [1.29, 1.82) is 0 Å². The lowest BCUT2D eigenvalue weighted by atomic mass is 9.99. The highest BCUT2D eigenvalue weighted by atomic mass is 35.5. The number of nitrogens with two attached hydrogens (primary N) is 1. The monoisotopic (exact) mass is 300 g/mol. The van der Waals surface area contributed by atoms with E-state index in [1.165, 1.54) is 6.07 Å². The van der Waals surface area contributed by atoms with Gasteiger partial charge in [0.1, 0.15) is 5.82 Å². The molecule has 2 unspecified atom stereocenters. The second kappa shape index (κ2) is 7.93. The summed E-state index contributed by atoms with van der Waals surface area (Å²) in [6.45, 7) is 0.883. The number of hydrogen-bond acceptors (Lipinski definition) is 3. The summed E-state index contributed by atoms with van der Waals surface area (Å²) in [5.41, 5.74) is 3.30. The van der Waals surface area contributed by atoms with Crippen LogP contribution in [-0.4, -0.2) is 18.8 Å². The highest BCUT2D eigenvalue weighted by molar-refractivity contribution is 6.31. The van der Waals surface area contributed by atoms with Crippen LogP contribution in [0.1, 0.15) is 37.7 Å². The van der Waals surface area contributed by atoms with Crippen LogP contribution in [0, 0.1) is 5.82 Å². The molecule has 3 nitrogen and oxygen atoms in total. The van der Waals surface area contributed by atoms with Crippen LogP contribution in [0.2, 0.25) is 5.02 Å². The van der Waals surface area contributed by atoms with Crippen molar-refractivity contribution in [2.75, 3.05) is 6.61 Å². The highest BCUT2D eigenvalue weighted by Gasteiger charge is 2.17. The first kappa shape index (κ1) is 15.7. The van der Waals surface area contributed by atoms with Gasteiger partial charge in [-0.1, -0.05) is 17.7 Å². The maximum absolute atomic E-state index is 13.7. The largest absolute Gasteiger partial charge is 0.378 e. The minimum Gasteiger partial charge on any atom is -0.378 e. The van der Waals surface area contributed by atoms with E-state index in [2.05, 4.69) is 5.43 Å². The molecule has 1 aliphatic heterocycles. The van der Waals surface area contributed by atoms with Gasteiger partial charge in [0.15, 0.2) is 0 Å². The van der Waals surface area contributed by atoms with Crippen LogP contribution in [0.3, 0.4) is 0 Å². The second-order valence-electron chi connectivity index (χ2n) is 5.33. The van der Waals surface area contributed by atoms with E-state index in [1.54, 1.807) is 12.1 Å². The van der Waals surface area contributed by atoms with E-state index < -0.39 is 0 Å². The fourth-order valence-electron chi connectivity index (χ4n) is 2.68. The number of rotatable bonds is 7. The van der Waals surface area contributed by atoms with Crippen molar-refractivity contribution in [3.8, 4) is 0 Å². The molecule has 1 aromatic carbocycles. The summed E-state index contributed by atoms with van der Waals surface area (Å²) < 4.78 is 19.3. The van der Waals surface area contributed by atoms with Gasteiger partial charge in [0, 0.05) is 23.2 Å². The molecule has 3 N–H and O–H groups in total. The van der Waals surface area contributed by atoms with Crippen molar-refractivity contribution in [1.82, 2.24) is 5.43 Å². The van der Waals surface area contributed by atoms with Crippen LogP contribution in [0.25, 0.3) is 0 Å². The first-order valence-corrected chi connectivity index (χ1v) is 7.59. The van der Waals surface area contributed by atoms with Gasteiger partial charge in [0.05, 0.1) is 6.10 Å². The van der Waals surface area contributed by atoms with E-state index in [-0.39, 0.29) is 11.9 Å². The van der Waals surface area contributed by atoms with Crippen LogP contribution in [-0.2, 0) is 11.2 Å². The second-order valence-corrected chi connectivity index (χ2v) is 5.74. The van der Waals surface area contributed by atoms with Gasteiger partial charge in [-0.3, -0.25) is 11.3 Å². The van der Waals surface area contributed by atoms with E-state index in [9.17, 15) is 4.39 Å². The molecule has 0 saturated carbocycles. The molecule has 0 amide bonds. The van der Waals surface area contributed by atoms with Gasteiger partial charge in [0.2, 0.25) is 0 Å². The van der Waals surface area contributed by atoms with Gasteiger partial charge in [-0.15, -0.1) is 0 Å². The van der Waals surface area contributed by atoms with Gasteiger partial charge in [-0.2, -0.15) is 0 Å². The number of benzene rings is 1. The zero-order chi connectivity index (χ0) is 14.4. The molecule has 20 heavy (non-hydrogen) atoms. The number of hydrogen-bond donors (Lipinski definition) is 2. The van der Waals surface area contributed by atoms with Crippen LogP contribution in [0.5, 0.6) is 0 Å². The lowest BCUT2D eigenvalue weighted by Crippen LogP contribution is -2.37. The molecule has 1 fully saturated rings. The van der Waals surface area contributed by atoms with Gasteiger partial charge in [-0.05, 0) is 50.7 Å². The molecule has 5 heteroatoms. The van der Waals surface area contributed by atoms with Crippen LogP contribution < -0.4 is 11.3 Å². The average molecular weight is 301 g/mol. The SMILES string of the molecule is NNC(CCCC1CCCO1)Cc1c(F)cccc1Cl. The summed E-state index contributed by atoms with van der Waals surface area (Å²) in [6, 6.07) is 4.79. The molecule has 0 spiro atoms. The third-order valence-electron chi connectivity index (χ3n) is 3.85. The minimum absolute atomic E-state index is 0.0332. The van der Waals surface area contributed by atoms with Crippen molar-refractivity contribution in [2.24, 2.45) is 5.84 Å². The van der Waals surface area contributed by atoms with E-state index in [0.29, 0.717) is 23.1 Å². The predicted molar refractivity (Wildman–Crippen MR) is 79.1 cm³/mol. The molecule has 1 heterocycles. The lowest BCUT2D eigenvalue weighted by Gasteiger charge is -2.18. The number of nitrogens with one attached hydrogen (secondary N) is 1. The molecular formula is C15H22ClFN2O. The molecule has 1 aromatic rings. The predicted octanol–water partition coefficient (Wildman–Crippen LogP) is 3.20. The maximum Gasteiger partial charge on any atom is 0.127 e. The van der Waals surface area contributed by atoms with Gasteiger partial charge < -0.3 is 4.74 Å². The van der Waals surface area contributed by atoms with Crippen molar-refractivity contribution >= 4 is 11.6 Å². The Labute approximate surface area is 124 Å². The summed E-state index contributed by atoms with van der Waals surface area (Å²) in [7, 11) is 0. The molecule has 2 atom stereocenters. The Bertz CT molecular complexity index is 404. The van der Waals surface area contributed by atoms with Gasteiger partial charge in [0.25, 0.3) is 0 Å². The molecule has 1 aliphatic rings. The normalized spacial score (nSPS) is 20.2. The Morgan fingerprint density at radius 2 is 2.35 bits per heavy atom. The molecule has 0 radical (unpaired) electrons. The highest BCUT2D eigenvalue weighted by Crippen LogP contribution is 2.23. The summed E-state index contributed by atoms with van der Waals surface area (Å²) in [5, 5.41) is 0.462. The summed E-state index contributed by atoms with van der Waals surface area (Å²) >= 11 is 6.04. The Balaban J connectivity index is 1.82. The zero-order valence-corrected chi connectivity index (χ0v) is 12.3. The van der Waals surface area contributed by atoms with E-state index in [4.69, 9.17) is 22.2 Å². The van der Waals surface area contributed by atoms with Crippen molar-refractivity contribution in [3.05, 3.63) is 34.6 Å². The molecule has 0 aliphatic carbocycles. The van der Waals surface area contributed by atoms with E-state index in [0.717, 1.165) is 38.7 Å². The molecular weight excluding hydrogens is 279 g/mol. The molecule has 1 saturated heterocycles. The quantitative estimate of drug-likeness (QED) is 0.600. The third kappa shape index (κ3) is 4.42. The Hall–Kier alpha value is -0.680. The number of hydrazine groups is 1. The standard InChI is InChI=1S/C15H22ClFN2O/c16-14-7-2-8-15(17)13(14)10-11(19-18)4-1-5-12-6-3-9-20-12/h2,7-8,11-12,19H,1,3-6,9-10,18H2. The van der Waals surface area contributed by atoms with Crippen LogP contribution in [0.15, 0.2) is 18.2 Å². The minimum atomic E-state index is -0.267. The van der Waals surface area contributed by atoms with Gasteiger partial charge in [-0.25, -0.2) is 4.39 Å². The van der Waals surface area contributed by atoms with Crippen molar-refractivity contribution in [2.45, 2.75) is 50.7 Å². The van der Waals surface area contributed by atoms with Crippen molar-refractivity contribution < 1.29 is 9.13 Å². The van der Waals surface area contributed by atoms with Crippen LogP contribution in [0.4, 0.5) is 4.39 Å². The number of ether oxygens (including phenoxy) is 1. The molecule has 2 rings (SSSR count). The average Bonchev–Trinajstić information content (AvgIpc) is 2.94. The van der Waals surface area contributed by atoms with Gasteiger partial charge >= 0.3 is 0 Å². The Morgan fingerprint density at radius 3 is 3.00 bits per heavy atom. The smallest absolute Gasteiger partial charge is 0.127 e. The zero-order valence-electron chi connectivity index (χ0n) is 11.6. The summed E-state index contributed by atoms with van der Waals surface area (Å²) in [5.74, 6) is 5.30. The van der Waals surface area contributed by atoms with Crippen LogP contribution >= 0.6 is 11.6 Å². The Kier molecular flexibility index (Phi) is 6.23. The lowest BCUT2D eigenvalue weighted by molar-refractivity contribution is 0.101.